The summed E-state index contributed by atoms with van der Waals surface area (Å²) in [5.74, 6) is -1.02. The van der Waals surface area contributed by atoms with Crippen molar-refractivity contribution >= 4 is 21.6 Å². The van der Waals surface area contributed by atoms with Gasteiger partial charge in [-0.2, -0.15) is 0 Å². The Kier molecular flexibility index (Phi) is 5.03. The van der Waals surface area contributed by atoms with Crippen LogP contribution >= 0.6 is 0 Å². The molecule has 0 unspecified atom stereocenters. The summed E-state index contributed by atoms with van der Waals surface area (Å²) >= 11 is 0. The molecule has 7 heteroatoms. The Bertz CT molecular complexity index is 862. The van der Waals surface area contributed by atoms with E-state index < -0.39 is 21.6 Å². The van der Waals surface area contributed by atoms with E-state index in [-0.39, 0.29) is 17.9 Å². The van der Waals surface area contributed by atoms with Gasteiger partial charge in [-0.1, -0.05) is 30.3 Å². The highest BCUT2D eigenvalue weighted by Crippen LogP contribution is 2.19. The first-order valence-electron chi connectivity index (χ1n) is 8.03. The number of anilines is 1. The van der Waals surface area contributed by atoms with Crippen LogP contribution < -0.4 is 10.0 Å². The molecule has 0 heterocycles. The van der Waals surface area contributed by atoms with E-state index >= 15 is 0 Å². The van der Waals surface area contributed by atoms with Crippen molar-refractivity contribution in [1.29, 1.82) is 0 Å². The Hall–Kier alpha value is -2.41. The van der Waals surface area contributed by atoms with Crippen molar-refractivity contribution in [2.45, 2.75) is 31.1 Å². The maximum Gasteiger partial charge on any atom is 0.237 e. The van der Waals surface area contributed by atoms with Crippen LogP contribution in [-0.2, 0) is 27.0 Å². The summed E-state index contributed by atoms with van der Waals surface area (Å²) in [6, 6.07) is 12.7. The molecule has 1 saturated carbocycles. The van der Waals surface area contributed by atoms with E-state index in [4.69, 9.17) is 0 Å². The van der Waals surface area contributed by atoms with Gasteiger partial charge in [-0.25, -0.2) is 12.8 Å². The molecule has 0 aromatic heterocycles. The van der Waals surface area contributed by atoms with Gasteiger partial charge < -0.3 is 5.32 Å². The molecule has 132 valence electrons. The van der Waals surface area contributed by atoms with Crippen molar-refractivity contribution in [2.24, 2.45) is 0 Å². The summed E-state index contributed by atoms with van der Waals surface area (Å²) in [4.78, 5) is 11.8. The van der Waals surface area contributed by atoms with Crippen LogP contribution in [0.5, 0.6) is 0 Å². The Morgan fingerprint density at radius 3 is 2.40 bits per heavy atom. The van der Waals surface area contributed by atoms with Crippen molar-refractivity contribution in [3.05, 3.63) is 65.5 Å². The predicted octanol–water partition coefficient (Wildman–Crippen LogP) is 2.59. The molecule has 0 saturated heterocycles. The van der Waals surface area contributed by atoms with Gasteiger partial charge in [0.25, 0.3) is 0 Å². The third kappa shape index (κ3) is 5.29. The molecule has 2 N–H and O–H groups in total. The molecule has 1 aliphatic rings. The van der Waals surface area contributed by atoms with Gasteiger partial charge in [-0.3, -0.25) is 9.52 Å². The van der Waals surface area contributed by atoms with Crippen molar-refractivity contribution in [2.75, 3.05) is 4.72 Å². The average Bonchev–Trinajstić information content (AvgIpc) is 3.35. The highest BCUT2D eigenvalue weighted by Gasteiger charge is 2.23. The SMILES string of the molecule is O=C(Cc1ccc(NS(=O)(=O)Cc2ccccc2F)cc1)NC1CC1. The zero-order valence-corrected chi connectivity index (χ0v) is 14.4. The van der Waals surface area contributed by atoms with E-state index in [2.05, 4.69) is 10.0 Å². The minimum atomic E-state index is -3.72. The fraction of sp³-hybridized carbons (Fsp3) is 0.278. The maximum absolute atomic E-state index is 13.6. The van der Waals surface area contributed by atoms with Gasteiger partial charge in [0, 0.05) is 17.3 Å². The molecular formula is C18H19FN2O3S. The van der Waals surface area contributed by atoms with Crippen molar-refractivity contribution < 1.29 is 17.6 Å². The number of carbonyl (C=O) groups is 1. The van der Waals surface area contributed by atoms with Crippen LogP contribution in [0.4, 0.5) is 10.1 Å². The number of hydrogen-bond donors (Lipinski definition) is 2. The van der Waals surface area contributed by atoms with Gasteiger partial charge in [0.15, 0.2) is 0 Å². The van der Waals surface area contributed by atoms with E-state index in [0.717, 1.165) is 18.4 Å². The minimum Gasteiger partial charge on any atom is -0.353 e. The first kappa shape index (κ1) is 17.4. The number of rotatable bonds is 7. The molecule has 3 rings (SSSR count). The van der Waals surface area contributed by atoms with Gasteiger partial charge >= 0.3 is 0 Å². The Balaban J connectivity index is 1.60. The quantitative estimate of drug-likeness (QED) is 0.795. The fourth-order valence-corrected chi connectivity index (χ4v) is 3.63. The molecule has 1 aliphatic carbocycles. The number of hydrogen-bond acceptors (Lipinski definition) is 3. The van der Waals surface area contributed by atoms with Crippen LogP contribution in [0.15, 0.2) is 48.5 Å². The lowest BCUT2D eigenvalue weighted by Crippen LogP contribution is -2.26. The van der Waals surface area contributed by atoms with E-state index in [1.54, 1.807) is 30.3 Å². The van der Waals surface area contributed by atoms with Crippen molar-refractivity contribution in [1.82, 2.24) is 5.32 Å². The highest BCUT2D eigenvalue weighted by molar-refractivity contribution is 7.91. The molecule has 25 heavy (non-hydrogen) atoms. The molecule has 0 atom stereocenters. The first-order chi connectivity index (χ1) is 11.9. The molecule has 0 bridgehead atoms. The van der Waals surface area contributed by atoms with Crippen LogP contribution in [-0.4, -0.2) is 20.4 Å². The van der Waals surface area contributed by atoms with Gasteiger partial charge in [0.05, 0.1) is 12.2 Å². The number of sulfonamides is 1. The second-order valence-electron chi connectivity index (χ2n) is 6.17. The van der Waals surface area contributed by atoms with E-state index in [1.807, 2.05) is 0 Å². The molecule has 2 aromatic carbocycles. The van der Waals surface area contributed by atoms with Gasteiger partial charge in [-0.05, 0) is 36.6 Å². The van der Waals surface area contributed by atoms with E-state index in [9.17, 15) is 17.6 Å². The zero-order valence-electron chi connectivity index (χ0n) is 13.5. The number of halogens is 1. The molecule has 0 radical (unpaired) electrons. The summed E-state index contributed by atoms with van der Waals surface area (Å²) in [5, 5.41) is 2.90. The lowest BCUT2D eigenvalue weighted by molar-refractivity contribution is -0.120. The smallest absolute Gasteiger partial charge is 0.237 e. The average molecular weight is 362 g/mol. The molecule has 1 fully saturated rings. The fourth-order valence-electron chi connectivity index (χ4n) is 2.42. The summed E-state index contributed by atoms with van der Waals surface area (Å²) in [6.45, 7) is 0. The van der Waals surface area contributed by atoms with E-state index in [0.29, 0.717) is 11.7 Å². The van der Waals surface area contributed by atoms with Crippen LogP contribution in [0, 0.1) is 5.82 Å². The van der Waals surface area contributed by atoms with Crippen LogP contribution in [0.1, 0.15) is 24.0 Å². The number of carbonyl (C=O) groups excluding carboxylic acids is 1. The summed E-state index contributed by atoms with van der Waals surface area (Å²) in [7, 11) is -3.72. The van der Waals surface area contributed by atoms with Crippen LogP contribution in [0.3, 0.4) is 0 Å². The third-order valence-electron chi connectivity index (χ3n) is 3.84. The van der Waals surface area contributed by atoms with Gasteiger partial charge in [0.2, 0.25) is 15.9 Å². The number of amides is 1. The second-order valence-corrected chi connectivity index (χ2v) is 7.89. The summed E-state index contributed by atoms with van der Waals surface area (Å²) < 4.78 is 40.4. The summed E-state index contributed by atoms with van der Waals surface area (Å²) in [6.07, 6.45) is 2.34. The van der Waals surface area contributed by atoms with Gasteiger partial charge in [0.1, 0.15) is 5.82 Å². The van der Waals surface area contributed by atoms with Crippen molar-refractivity contribution in [3.63, 3.8) is 0 Å². The lowest BCUT2D eigenvalue weighted by Gasteiger charge is -2.09. The first-order valence-corrected chi connectivity index (χ1v) is 9.69. The molecule has 2 aromatic rings. The molecular weight excluding hydrogens is 343 g/mol. The van der Waals surface area contributed by atoms with E-state index in [1.165, 1.54) is 18.2 Å². The molecule has 0 spiro atoms. The minimum absolute atomic E-state index is 0.0321. The molecule has 1 amide bonds. The summed E-state index contributed by atoms with van der Waals surface area (Å²) in [5.41, 5.74) is 1.29. The Morgan fingerprint density at radius 1 is 1.08 bits per heavy atom. The zero-order chi connectivity index (χ0) is 17.9. The topological polar surface area (TPSA) is 75.3 Å². The van der Waals surface area contributed by atoms with Gasteiger partial charge in [-0.15, -0.1) is 0 Å². The van der Waals surface area contributed by atoms with Crippen LogP contribution in [0.2, 0.25) is 0 Å². The third-order valence-corrected chi connectivity index (χ3v) is 5.08. The normalized spacial score (nSPS) is 14.1. The standard InChI is InChI=1S/C18H19FN2O3S/c19-17-4-2-1-3-14(17)12-25(23,24)21-16-7-5-13(6-8-16)11-18(22)20-15-9-10-15/h1-8,15,21H,9-12H2,(H,20,22). The molecule has 0 aliphatic heterocycles. The number of benzene rings is 2. The predicted molar refractivity (Wildman–Crippen MR) is 94.0 cm³/mol. The largest absolute Gasteiger partial charge is 0.353 e. The molecule has 5 nitrogen and oxygen atoms in total. The second kappa shape index (κ2) is 7.23. The Labute approximate surface area is 146 Å². The lowest BCUT2D eigenvalue weighted by atomic mass is 10.1. The highest BCUT2D eigenvalue weighted by atomic mass is 32.2. The maximum atomic E-state index is 13.6. The number of nitrogens with one attached hydrogen (secondary N) is 2. The van der Waals surface area contributed by atoms with Crippen molar-refractivity contribution in [3.8, 4) is 0 Å². The monoisotopic (exact) mass is 362 g/mol. The van der Waals surface area contributed by atoms with Crippen LogP contribution in [0.25, 0.3) is 0 Å². The Morgan fingerprint density at radius 2 is 1.76 bits per heavy atom.